The summed E-state index contributed by atoms with van der Waals surface area (Å²) in [6, 6.07) is 0.439. The highest BCUT2D eigenvalue weighted by Crippen LogP contribution is 2.42. The highest BCUT2D eigenvalue weighted by Gasteiger charge is 2.50. The summed E-state index contributed by atoms with van der Waals surface area (Å²) in [6.07, 6.45) is 11.0. The molecular weight excluding hydrogens is 328 g/mol. The Morgan fingerprint density at radius 3 is 2.85 bits per heavy atom. The van der Waals surface area contributed by atoms with Crippen molar-refractivity contribution in [1.29, 1.82) is 0 Å². The number of H-pyrrole nitrogens is 1. The van der Waals surface area contributed by atoms with Crippen LogP contribution in [0.2, 0.25) is 0 Å². The van der Waals surface area contributed by atoms with Crippen LogP contribution in [0, 0.1) is 5.41 Å². The number of piperidine rings is 1. The topological polar surface area (TPSA) is 69.3 Å². The third kappa shape index (κ3) is 2.93. The zero-order valence-electron chi connectivity index (χ0n) is 15.8. The minimum absolute atomic E-state index is 0.0323. The fourth-order valence-electron chi connectivity index (χ4n) is 5.20. The van der Waals surface area contributed by atoms with Crippen molar-refractivity contribution < 1.29 is 9.59 Å². The Bertz CT molecular complexity index is 679. The molecule has 1 saturated carbocycles. The predicted octanol–water partition coefficient (Wildman–Crippen LogP) is 2.76. The first kappa shape index (κ1) is 17.6. The maximum absolute atomic E-state index is 13.3. The van der Waals surface area contributed by atoms with Crippen LogP contribution in [0.3, 0.4) is 0 Å². The summed E-state index contributed by atoms with van der Waals surface area (Å²) in [5.41, 5.74) is 1.26. The van der Waals surface area contributed by atoms with E-state index in [1.165, 1.54) is 12.8 Å². The molecule has 3 aliphatic rings. The number of carbonyl (C=O) groups is 2. The summed E-state index contributed by atoms with van der Waals surface area (Å²) >= 11 is 0. The Morgan fingerprint density at radius 1 is 1.27 bits per heavy atom. The number of rotatable bonds is 4. The second-order valence-electron chi connectivity index (χ2n) is 8.31. The number of nitrogens with zero attached hydrogens (tertiary/aromatic N) is 3. The molecule has 6 nitrogen and oxygen atoms in total. The van der Waals surface area contributed by atoms with Gasteiger partial charge in [0.05, 0.1) is 17.2 Å². The molecule has 26 heavy (non-hydrogen) atoms. The average Bonchev–Trinajstić information content (AvgIpc) is 3.38. The number of aryl methyl sites for hydroxylation is 1. The molecule has 4 rings (SSSR count). The van der Waals surface area contributed by atoms with Gasteiger partial charge >= 0.3 is 0 Å². The summed E-state index contributed by atoms with van der Waals surface area (Å²) in [5.74, 6) is 0.344. The van der Waals surface area contributed by atoms with Crippen LogP contribution in [-0.4, -0.2) is 57.5 Å². The highest BCUT2D eigenvalue weighted by atomic mass is 16.2. The van der Waals surface area contributed by atoms with Crippen molar-refractivity contribution in [2.24, 2.45) is 5.41 Å². The van der Waals surface area contributed by atoms with Crippen LogP contribution in [-0.2, 0) is 11.2 Å². The number of carbonyl (C=O) groups excluding carboxylic acids is 2. The van der Waals surface area contributed by atoms with Crippen molar-refractivity contribution in [2.75, 3.05) is 19.6 Å². The normalized spacial score (nSPS) is 27.0. The number of aromatic amines is 1. The van der Waals surface area contributed by atoms with E-state index in [0.717, 1.165) is 57.2 Å². The molecule has 1 N–H and O–H groups in total. The summed E-state index contributed by atoms with van der Waals surface area (Å²) in [5, 5.41) is 7.03. The van der Waals surface area contributed by atoms with Crippen LogP contribution < -0.4 is 0 Å². The first-order valence-electron chi connectivity index (χ1n) is 10.3. The molecule has 2 amide bonds. The second-order valence-corrected chi connectivity index (χ2v) is 8.31. The molecule has 3 heterocycles. The van der Waals surface area contributed by atoms with E-state index in [0.29, 0.717) is 30.6 Å². The van der Waals surface area contributed by atoms with E-state index in [9.17, 15) is 9.59 Å². The van der Waals surface area contributed by atoms with E-state index in [1.54, 1.807) is 6.20 Å². The lowest BCUT2D eigenvalue weighted by atomic mass is 9.77. The number of nitrogens with one attached hydrogen (secondary N) is 1. The molecule has 1 atom stereocenters. The maximum Gasteiger partial charge on any atom is 0.257 e. The first-order chi connectivity index (χ1) is 12.6. The van der Waals surface area contributed by atoms with Gasteiger partial charge in [-0.1, -0.05) is 26.2 Å². The molecule has 1 spiro atoms. The third-order valence-corrected chi connectivity index (χ3v) is 6.62. The molecular formula is C20H30N4O2. The van der Waals surface area contributed by atoms with Crippen LogP contribution in [0.25, 0.3) is 0 Å². The highest BCUT2D eigenvalue weighted by molar-refractivity contribution is 5.96. The van der Waals surface area contributed by atoms with Gasteiger partial charge < -0.3 is 9.80 Å². The van der Waals surface area contributed by atoms with Crippen molar-refractivity contribution in [3.8, 4) is 0 Å². The standard InChI is InChI=1S/C20H30N4O2/c1-2-6-17-16(13-21-22-17)18(25)23-12-10-20(14-23)9-5-11-24(19(20)26)15-7-3-4-8-15/h13,15H,2-12,14H2,1H3,(H,21,22). The van der Waals surface area contributed by atoms with E-state index < -0.39 is 0 Å². The number of likely N-dealkylation sites (tertiary alicyclic amines) is 2. The largest absolute Gasteiger partial charge is 0.339 e. The minimum atomic E-state index is -0.342. The predicted molar refractivity (Wildman–Crippen MR) is 98.7 cm³/mol. The van der Waals surface area contributed by atoms with Gasteiger partial charge in [-0.25, -0.2) is 0 Å². The summed E-state index contributed by atoms with van der Waals surface area (Å²) in [7, 11) is 0. The van der Waals surface area contributed by atoms with Gasteiger partial charge in [-0.05, 0) is 38.5 Å². The number of hydrogen-bond acceptors (Lipinski definition) is 3. The molecule has 142 valence electrons. The lowest BCUT2D eigenvalue weighted by molar-refractivity contribution is -0.148. The molecule has 1 aliphatic carbocycles. The van der Waals surface area contributed by atoms with Gasteiger partial charge in [0, 0.05) is 31.4 Å². The molecule has 3 fully saturated rings. The fraction of sp³-hybridized carbons (Fsp3) is 0.750. The molecule has 1 aromatic heterocycles. The summed E-state index contributed by atoms with van der Waals surface area (Å²) in [4.78, 5) is 30.4. The van der Waals surface area contributed by atoms with E-state index in [4.69, 9.17) is 0 Å². The van der Waals surface area contributed by atoms with Crippen molar-refractivity contribution >= 4 is 11.8 Å². The van der Waals surface area contributed by atoms with E-state index in [1.807, 2.05) is 4.90 Å². The summed E-state index contributed by atoms with van der Waals surface area (Å²) < 4.78 is 0. The lowest BCUT2D eigenvalue weighted by Crippen LogP contribution is -2.53. The van der Waals surface area contributed by atoms with Crippen molar-refractivity contribution in [3.05, 3.63) is 17.5 Å². The molecule has 2 aliphatic heterocycles. The Kier molecular flexibility index (Phi) is 4.76. The van der Waals surface area contributed by atoms with E-state index in [2.05, 4.69) is 22.0 Å². The molecule has 0 bridgehead atoms. The molecule has 1 aromatic rings. The quantitative estimate of drug-likeness (QED) is 0.900. The zero-order valence-corrected chi connectivity index (χ0v) is 15.8. The van der Waals surface area contributed by atoms with Crippen LogP contribution >= 0.6 is 0 Å². The smallest absolute Gasteiger partial charge is 0.257 e. The molecule has 0 aromatic carbocycles. The van der Waals surface area contributed by atoms with Gasteiger partial charge in [-0.2, -0.15) is 5.10 Å². The summed E-state index contributed by atoms with van der Waals surface area (Å²) in [6.45, 7) is 4.25. The molecule has 6 heteroatoms. The third-order valence-electron chi connectivity index (χ3n) is 6.62. The minimum Gasteiger partial charge on any atom is -0.339 e. The average molecular weight is 358 g/mol. The second kappa shape index (κ2) is 7.05. The molecule has 1 unspecified atom stereocenters. The van der Waals surface area contributed by atoms with E-state index >= 15 is 0 Å². The SMILES string of the molecule is CCCc1[nH]ncc1C(=O)N1CCC2(CCCN(C3CCCC3)C2=O)C1. The van der Waals surface area contributed by atoms with Crippen molar-refractivity contribution in [1.82, 2.24) is 20.0 Å². The van der Waals surface area contributed by atoms with Crippen LogP contribution in [0.15, 0.2) is 6.20 Å². The van der Waals surface area contributed by atoms with Gasteiger partial charge in [-0.15, -0.1) is 0 Å². The number of aromatic nitrogens is 2. The number of amides is 2. The number of hydrogen-bond donors (Lipinski definition) is 1. The van der Waals surface area contributed by atoms with Crippen molar-refractivity contribution in [2.45, 2.75) is 70.8 Å². The van der Waals surface area contributed by atoms with Crippen LogP contribution in [0.1, 0.15) is 74.3 Å². The van der Waals surface area contributed by atoms with Gasteiger partial charge in [0.1, 0.15) is 0 Å². The molecule has 0 radical (unpaired) electrons. The van der Waals surface area contributed by atoms with Gasteiger partial charge in [0.25, 0.3) is 5.91 Å². The maximum atomic E-state index is 13.3. The Hall–Kier alpha value is -1.85. The van der Waals surface area contributed by atoms with Gasteiger partial charge in [0.15, 0.2) is 0 Å². The first-order valence-corrected chi connectivity index (χ1v) is 10.3. The molecule has 2 saturated heterocycles. The van der Waals surface area contributed by atoms with Crippen LogP contribution in [0.4, 0.5) is 0 Å². The monoisotopic (exact) mass is 358 g/mol. The Balaban J connectivity index is 1.49. The van der Waals surface area contributed by atoms with E-state index in [-0.39, 0.29) is 11.3 Å². The lowest BCUT2D eigenvalue weighted by Gasteiger charge is -2.42. The fourth-order valence-corrected chi connectivity index (χ4v) is 5.20. The Morgan fingerprint density at radius 2 is 2.08 bits per heavy atom. The Labute approximate surface area is 155 Å². The zero-order chi connectivity index (χ0) is 18.1. The van der Waals surface area contributed by atoms with Gasteiger partial charge in [-0.3, -0.25) is 14.7 Å². The van der Waals surface area contributed by atoms with Gasteiger partial charge in [0.2, 0.25) is 5.91 Å². The van der Waals surface area contributed by atoms with Crippen molar-refractivity contribution in [3.63, 3.8) is 0 Å². The van der Waals surface area contributed by atoms with Crippen LogP contribution in [0.5, 0.6) is 0 Å².